The summed E-state index contributed by atoms with van der Waals surface area (Å²) >= 11 is 6.76. The molecule has 0 atom stereocenters. The standard InChI is InChI=1S/C17H21N5OS2/c1-2-18-16(24)21-19-12-14-15(13-6-4-3-5-7-13)20-17(25-14)22-8-10-23-11-9-22/h3-7,12H,2,8-11H2,1H3,(H2,18,21,24). The SMILES string of the molecule is CCNC(=S)NN=Cc1sc(N2CCOCC2)nc1-c1ccccc1. The minimum absolute atomic E-state index is 0.512. The molecule has 0 saturated carbocycles. The zero-order chi connectivity index (χ0) is 17.5. The molecule has 2 aromatic rings. The molecule has 25 heavy (non-hydrogen) atoms. The number of anilines is 1. The predicted molar refractivity (Wildman–Crippen MR) is 108 cm³/mol. The molecule has 2 heterocycles. The van der Waals surface area contributed by atoms with Gasteiger partial charge in [0.05, 0.1) is 30.0 Å². The Kier molecular flexibility index (Phi) is 6.32. The number of ether oxygens (including phenoxy) is 1. The summed E-state index contributed by atoms with van der Waals surface area (Å²) < 4.78 is 5.43. The molecule has 8 heteroatoms. The first-order valence-corrected chi connectivity index (χ1v) is 9.46. The minimum atomic E-state index is 0.512. The van der Waals surface area contributed by atoms with Crippen molar-refractivity contribution in [1.82, 2.24) is 15.7 Å². The van der Waals surface area contributed by atoms with Gasteiger partial charge in [-0.1, -0.05) is 41.7 Å². The first-order chi connectivity index (χ1) is 12.3. The summed E-state index contributed by atoms with van der Waals surface area (Å²) in [5, 5.41) is 8.77. The van der Waals surface area contributed by atoms with Crippen LogP contribution in [0.5, 0.6) is 0 Å². The van der Waals surface area contributed by atoms with Crippen LogP contribution in [0.4, 0.5) is 5.13 Å². The zero-order valence-electron chi connectivity index (χ0n) is 14.1. The maximum atomic E-state index is 5.43. The zero-order valence-corrected chi connectivity index (χ0v) is 15.7. The fraction of sp³-hybridized carbons (Fsp3) is 0.353. The van der Waals surface area contributed by atoms with E-state index < -0.39 is 0 Å². The van der Waals surface area contributed by atoms with Crippen molar-refractivity contribution in [2.75, 3.05) is 37.7 Å². The van der Waals surface area contributed by atoms with Crippen LogP contribution in [0.3, 0.4) is 0 Å². The number of hydrogen-bond donors (Lipinski definition) is 2. The lowest BCUT2D eigenvalue weighted by Crippen LogP contribution is -2.36. The number of hydrazone groups is 1. The van der Waals surface area contributed by atoms with E-state index in [1.807, 2.05) is 25.1 Å². The van der Waals surface area contributed by atoms with Gasteiger partial charge in [0.2, 0.25) is 0 Å². The third-order valence-electron chi connectivity index (χ3n) is 3.66. The number of rotatable bonds is 5. The van der Waals surface area contributed by atoms with Crippen molar-refractivity contribution in [3.05, 3.63) is 35.2 Å². The Morgan fingerprint density at radius 3 is 2.84 bits per heavy atom. The molecular formula is C17H21N5OS2. The Bertz CT molecular complexity index is 726. The Morgan fingerprint density at radius 1 is 1.36 bits per heavy atom. The molecule has 0 spiro atoms. The lowest BCUT2D eigenvalue weighted by Gasteiger charge is -2.26. The Balaban J connectivity index is 1.85. The smallest absolute Gasteiger partial charge is 0.186 e. The summed E-state index contributed by atoms with van der Waals surface area (Å²) in [7, 11) is 0. The lowest BCUT2D eigenvalue weighted by atomic mass is 10.1. The summed E-state index contributed by atoms with van der Waals surface area (Å²) in [6.07, 6.45) is 1.79. The van der Waals surface area contributed by atoms with E-state index in [-0.39, 0.29) is 0 Å². The quantitative estimate of drug-likeness (QED) is 0.476. The number of thiocarbonyl (C=S) groups is 1. The molecule has 1 aromatic heterocycles. The fourth-order valence-electron chi connectivity index (χ4n) is 2.45. The topological polar surface area (TPSA) is 61.8 Å². The average molecular weight is 376 g/mol. The first kappa shape index (κ1) is 17.8. The van der Waals surface area contributed by atoms with Crippen molar-refractivity contribution >= 4 is 40.0 Å². The van der Waals surface area contributed by atoms with Crippen molar-refractivity contribution in [3.63, 3.8) is 0 Å². The van der Waals surface area contributed by atoms with Crippen molar-refractivity contribution < 1.29 is 4.74 Å². The Labute approximate surface area is 156 Å². The number of aromatic nitrogens is 1. The van der Waals surface area contributed by atoms with Crippen LogP contribution in [-0.4, -0.2) is 49.2 Å². The van der Waals surface area contributed by atoms with Gasteiger partial charge in [0.25, 0.3) is 0 Å². The van der Waals surface area contributed by atoms with Gasteiger partial charge in [-0.25, -0.2) is 4.98 Å². The molecule has 3 rings (SSSR count). The molecule has 0 aliphatic carbocycles. The van der Waals surface area contributed by atoms with Crippen LogP contribution < -0.4 is 15.6 Å². The van der Waals surface area contributed by atoms with Gasteiger partial charge in [0.15, 0.2) is 10.2 Å². The van der Waals surface area contributed by atoms with Crippen LogP contribution in [0.25, 0.3) is 11.3 Å². The highest BCUT2D eigenvalue weighted by atomic mass is 32.1. The van der Waals surface area contributed by atoms with Crippen molar-refractivity contribution in [3.8, 4) is 11.3 Å². The molecule has 0 unspecified atom stereocenters. The summed E-state index contributed by atoms with van der Waals surface area (Å²) in [6.45, 7) is 5.95. The van der Waals surface area contributed by atoms with Gasteiger partial charge < -0.3 is 15.0 Å². The van der Waals surface area contributed by atoms with E-state index in [9.17, 15) is 0 Å². The number of hydrogen-bond acceptors (Lipinski definition) is 6. The van der Waals surface area contributed by atoms with Crippen molar-refractivity contribution in [2.24, 2.45) is 5.10 Å². The lowest BCUT2D eigenvalue weighted by molar-refractivity contribution is 0.122. The molecule has 1 aliphatic rings. The van der Waals surface area contributed by atoms with E-state index in [2.05, 4.69) is 32.9 Å². The molecule has 0 bridgehead atoms. The molecule has 1 fully saturated rings. The third kappa shape index (κ3) is 4.75. The highest BCUT2D eigenvalue weighted by molar-refractivity contribution is 7.80. The number of nitrogens with zero attached hydrogens (tertiary/aromatic N) is 3. The molecule has 1 aliphatic heterocycles. The highest BCUT2D eigenvalue weighted by Crippen LogP contribution is 2.32. The highest BCUT2D eigenvalue weighted by Gasteiger charge is 2.18. The molecule has 6 nitrogen and oxygen atoms in total. The summed E-state index contributed by atoms with van der Waals surface area (Å²) in [5.74, 6) is 0. The number of thiazole rings is 1. The molecule has 1 saturated heterocycles. The molecule has 1 aromatic carbocycles. The molecular weight excluding hydrogens is 354 g/mol. The average Bonchev–Trinajstić information content (AvgIpc) is 3.08. The van der Waals surface area contributed by atoms with Crippen LogP contribution in [0, 0.1) is 0 Å². The number of nitrogens with one attached hydrogen (secondary N) is 2. The number of morpholine rings is 1. The largest absolute Gasteiger partial charge is 0.378 e. The van der Waals surface area contributed by atoms with Gasteiger partial charge in [-0.2, -0.15) is 5.10 Å². The van der Waals surface area contributed by atoms with E-state index in [0.29, 0.717) is 5.11 Å². The van der Waals surface area contributed by atoms with E-state index in [4.69, 9.17) is 21.9 Å². The Hall–Kier alpha value is -2.03. The van der Waals surface area contributed by atoms with Gasteiger partial charge in [0.1, 0.15) is 0 Å². The fourth-order valence-corrected chi connectivity index (χ4v) is 3.66. The van der Waals surface area contributed by atoms with Gasteiger partial charge in [-0.3, -0.25) is 5.43 Å². The maximum Gasteiger partial charge on any atom is 0.186 e. The first-order valence-electron chi connectivity index (χ1n) is 8.23. The van der Waals surface area contributed by atoms with Crippen LogP contribution in [0.15, 0.2) is 35.4 Å². The molecule has 0 radical (unpaired) electrons. The monoisotopic (exact) mass is 375 g/mol. The maximum absolute atomic E-state index is 5.43. The van der Waals surface area contributed by atoms with Crippen LogP contribution >= 0.6 is 23.6 Å². The molecule has 0 amide bonds. The van der Waals surface area contributed by atoms with Gasteiger partial charge in [0, 0.05) is 25.2 Å². The molecule has 2 N–H and O–H groups in total. The predicted octanol–water partition coefficient (Wildman–Crippen LogP) is 2.46. The van der Waals surface area contributed by atoms with E-state index in [1.54, 1.807) is 17.6 Å². The van der Waals surface area contributed by atoms with Crippen LogP contribution in [0.1, 0.15) is 11.8 Å². The second-order valence-electron chi connectivity index (χ2n) is 5.40. The minimum Gasteiger partial charge on any atom is -0.378 e. The molecule has 132 valence electrons. The normalized spacial score (nSPS) is 14.7. The number of benzene rings is 1. The van der Waals surface area contributed by atoms with Gasteiger partial charge in [-0.15, -0.1) is 0 Å². The van der Waals surface area contributed by atoms with Gasteiger partial charge >= 0.3 is 0 Å². The summed E-state index contributed by atoms with van der Waals surface area (Å²) in [6, 6.07) is 10.2. The van der Waals surface area contributed by atoms with Gasteiger partial charge in [-0.05, 0) is 19.1 Å². The van der Waals surface area contributed by atoms with E-state index in [0.717, 1.165) is 54.1 Å². The second kappa shape index (κ2) is 8.89. The van der Waals surface area contributed by atoms with Crippen LogP contribution in [-0.2, 0) is 4.74 Å². The van der Waals surface area contributed by atoms with Crippen LogP contribution in [0.2, 0.25) is 0 Å². The van der Waals surface area contributed by atoms with E-state index in [1.165, 1.54) is 0 Å². The third-order valence-corrected chi connectivity index (χ3v) is 4.94. The summed E-state index contributed by atoms with van der Waals surface area (Å²) in [5.41, 5.74) is 4.85. The van der Waals surface area contributed by atoms with E-state index >= 15 is 0 Å². The van der Waals surface area contributed by atoms with Crippen molar-refractivity contribution in [1.29, 1.82) is 0 Å². The van der Waals surface area contributed by atoms with Crippen molar-refractivity contribution in [2.45, 2.75) is 6.92 Å². The summed E-state index contributed by atoms with van der Waals surface area (Å²) in [4.78, 5) is 8.12. The second-order valence-corrected chi connectivity index (χ2v) is 6.82. The Morgan fingerprint density at radius 2 is 2.12 bits per heavy atom.